The largest absolute Gasteiger partial charge is 0.461 e. The fourth-order valence-corrected chi connectivity index (χ4v) is 3.12. The molecule has 4 N–H and O–H groups in total. The molecule has 8 nitrogen and oxygen atoms in total. The third-order valence-corrected chi connectivity index (χ3v) is 4.57. The third-order valence-electron chi connectivity index (χ3n) is 4.57. The number of H-pyrrole nitrogens is 2. The first kappa shape index (κ1) is 18.7. The number of guanidine groups is 1. The number of aromatic amines is 2. The van der Waals surface area contributed by atoms with Gasteiger partial charge in [0.2, 0.25) is 5.82 Å². The minimum Gasteiger partial charge on any atom is -0.461 e. The molecule has 9 heteroatoms. The molecule has 0 amide bonds. The molecule has 0 fully saturated rings. The van der Waals surface area contributed by atoms with Gasteiger partial charge in [-0.3, -0.25) is 10.1 Å². The number of benzene rings is 1. The summed E-state index contributed by atoms with van der Waals surface area (Å²) in [4.78, 5) is 11.8. The summed E-state index contributed by atoms with van der Waals surface area (Å²) < 4.78 is 18.6. The van der Waals surface area contributed by atoms with Gasteiger partial charge in [0.1, 0.15) is 11.6 Å². The SMILES string of the molecule is CN=C(NCCc1nc(-c2ccco2)n[nH]1)NCCc1c[nH]c2cc(F)ccc12. The highest BCUT2D eigenvalue weighted by atomic mass is 19.1. The first-order valence-electron chi connectivity index (χ1n) is 9.38. The van der Waals surface area contributed by atoms with Crippen LogP contribution in [-0.4, -0.2) is 46.3 Å². The summed E-state index contributed by atoms with van der Waals surface area (Å²) in [5.41, 5.74) is 1.94. The van der Waals surface area contributed by atoms with Crippen molar-refractivity contribution in [2.45, 2.75) is 12.8 Å². The number of halogens is 1. The van der Waals surface area contributed by atoms with E-state index in [1.165, 1.54) is 12.1 Å². The Labute approximate surface area is 166 Å². The number of hydrogen-bond donors (Lipinski definition) is 4. The third kappa shape index (κ3) is 4.45. The van der Waals surface area contributed by atoms with E-state index in [1.807, 2.05) is 12.3 Å². The van der Waals surface area contributed by atoms with Crippen LogP contribution in [-0.2, 0) is 12.8 Å². The van der Waals surface area contributed by atoms with Crippen molar-refractivity contribution in [3.8, 4) is 11.6 Å². The Morgan fingerprint density at radius 1 is 1.21 bits per heavy atom. The van der Waals surface area contributed by atoms with Crippen molar-refractivity contribution < 1.29 is 8.81 Å². The first-order chi connectivity index (χ1) is 14.2. The Morgan fingerprint density at radius 3 is 2.86 bits per heavy atom. The number of nitrogens with one attached hydrogen (secondary N) is 4. The molecule has 0 aliphatic heterocycles. The fourth-order valence-electron chi connectivity index (χ4n) is 3.12. The van der Waals surface area contributed by atoms with Gasteiger partial charge >= 0.3 is 0 Å². The zero-order valence-electron chi connectivity index (χ0n) is 16.0. The molecule has 3 aromatic heterocycles. The number of rotatable bonds is 7. The van der Waals surface area contributed by atoms with Gasteiger partial charge in [0, 0.05) is 43.7 Å². The van der Waals surface area contributed by atoms with Crippen molar-refractivity contribution in [1.82, 2.24) is 30.8 Å². The molecule has 0 saturated carbocycles. The van der Waals surface area contributed by atoms with Crippen molar-refractivity contribution in [1.29, 1.82) is 0 Å². The lowest BCUT2D eigenvalue weighted by atomic mass is 10.1. The van der Waals surface area contributed by atoms with Gasteiger partial charge in [-0.05, 0) is 42.3 Å². The minimum atomic E-state index is -0.239. The summed E-state index contributed by atoms with van der Waals surface area (Å²) >= 11 is 0. The Kier molecular flexibility index (Phi) is 5.55. The van der Waals surface area contributed by atoms with Gasteiger partial charge in [0.05, 0.1) is 6.26 Å². The van der Waals surface area contributed by atoms with E-state index >= 15 is 0 Å². The Morgan fingerprint density at radius 2 is 2.07 bits per heavy atom. The maximum Gasteiger partial charge on any atom is 0.216 e. The lowest BCUT2D eigenvalue weighted by Crippen LogP contribution is -2.39. The predicted octanol–water partition coefficient (Wildman–Crippen LogP) is 2.64. The molecule has 0 atom stereocenters. The first-order valence-corrected chi connectivity index (χ1v) is 9.38. The quantitative estimate of drug-likeness (QED) is 0.284. The highest BCUT2D eigenvalue weighted by Crippen LogP contribution is 2.19. The van der Waals surface area contributed by atoms with Gasteiger partial charge in [0.25, 0.3) is 0 Å². The molecule has 0 unspecified atom stereocenters. The van der Waals surface area contributed by atoms with Crippen LogP contribution in [0.5, 0.6) is 0 Å². The molecule has 4 aromatic rings. The van der Waals surface area contributed by atoms with Crippen LogP contribution < -0.4 is 10.6 Å². The Bertz CT molecular complexity index is 1100. The number of furan rings is 1. The van der Waals surface area contributed by atoms with Crippen molar-refractivity contribution in [2.75, 3.05) is 20.1 Å². The van der Waals surface area contributed by atoms with Gasteiger partial charge in [-0.2, -0.15) is 5.10 Å². The lowest BCUT2D eigenvalue weighted by molar-refractivity contribution is 0.577. The summed E-state index contributed by atoms with van der Waals surface area (Å²) in [5, 5.41) is 14.7. The van der Waals surface area contributed by atoms with Gasteiger partial charge < -0.3 is 20.0 Å². The van der Waals surface area contributed by atoms with E-state index in [0.29, 0.717) is 37.1 Å². The molecule has 0 aliphatic rings. The van der Waals surface area contributed by atoms with E-state index in [1.54, 1.807) is 25.4 Å². The van der Waals surface area contributed by atoms with Crippen LogP contribution in [0.4, 0.5) is 4.39 Å². The maximum absolute atomic E-state index is 13.3. The summed E-state index contributed by atoms with van der Waals surface area (Å²) in [7, 11) is 1.73. The highest BCUT2D eigenvalue weighted by Gasteiger charge is 2.08. The second kappa shape index (κ2) is 8.59. The van der Waals surface area contributed by atoms with Gasteiger partial charge in [-0.15, -0.1) is 0 Å². The zero-order chi connectivity index (χ0) is 20.1. The number of aliphatic imine (C=N–C) groups is 1. The topological polar surface area (TPSA) is 107 Å². The van der Waals surface area contributed by atoms with Crippen LogP contribution in [0.1, 0.15) is 11.4 Å². The van der Waals surface area contributed by atoms with E-state index in [4.69, 9.17) is 4.42 Å². The second-order valence-electron chi connectivity index (χ2n) is 6.51. The zero-order valence-corrected chi connectivity index (χ0v) is 16.0. The number of fused-ring (bicyclic) bond motifs is 1. The van der Waals surface area contributed by atoms with Crippen molar-refractivity contribution >= 4 is 16.9 Å². The fraction of sp³-hybridized carbons (Fsp3) is 0.250. The van der Waals surface area contributed by atoms with Crippen LogP contribution in [0.2, 0.25) is 0 Å². The number of aromatic nitrogens is 4. The number of hydrogen-bond acceptors (Lipinski definition) is 4. The second-order valence-corrected chi connectivity index (χ2v) is 6.51. The number of nitrogens with zero attached hydrogens (tertiary/aromatic N) is 3. The Hall–Kier alpha value is -3.62. The molecule has 0 bridgehead atoms. The summed E-state index contributed by atoms with van der Waals surface area (Å²) in [5.74, 6) is 2.42. The molecule has 0 spiro atoms. The van der Waals surface area contributed by atoms with E-state index in [9.17, 15) is 4.39 Å². The molecule has 150 valence electrons. The Balaban J connectivity index is 1.23. The van der Waals surface area contributed by atoms with E-state index in [-0.39, 0.29) is 5.82 Å². The standard InChI is InChI=1S/C20H22FN7O/c1-22-20(23-8-6-13-12-25-16-11-14(21)4-5-15(13)16)24-9-7-18-26-19(28-27-18)17-3-2-10-29-17/h2-5,10-12,25H,6-9H2,1H3,(H2,22,23,24)(H,26,27,28). The summed E-state index contributed by atoms with van der Waals surface area (Å²) in [6.45, 7) is 1.35. The van der Waals surface area contributed by atoms with Gasteiger partial charge in [-0.25, -0.2) is 9.37 Å². The van der Waals surface area contributed by atoms with Crippen molar-refractivity contribution in [3.05, 3.63) is 60.0 Å². The van der Waals surface area contributed by atoms with Crippen LogP contribution in [0.3, 0.4) is 0 Å². The highest BCUT2D eigenvalue weighted by molar-refractivity contribution is 5.83. The van der Waals surface area contributed by atoms with Crippen LogP contribution in [0, 0.1) is 5.82 Å². The summed E-state index contributed by atoms with van der Waals surface area (Å²) in [6, 6.07) is 8.41. The molecule has 1 aromatic carbocycles. The molecule has 3 heterocycles. The average Bonchev–Trinajstić information content (AvgIpc) is 3.47. The van der Waals surface area contributed by atoms with Crippen LogP contribution >= 0.6 is 0 Å². The smallest absolute Gasteiger partial charge is 0.216 e. The van der Waals surface area contributed by atoms with E-state index in [0.717, 1.165) is 28.7 Å². The van der Waals surface area contributed by atoms with E-state index < -0.39 is 0 Å². The predicted molar refractivity (Wildman–Crippen MR) is 109 cm³/mol. The van der Waals surface area contributed by atoms with Crippen molar-refractivity contribution in [3.63, 3.8) is 0 Å². The van der Waals surface area contributed by atoms with Gasteiger partial charge in [0.15, 0.2) is 11.7 Å². The maximum atomic E-state index is 13.3. The molecule has 0 radical (unpaired) electrons. The summed E-state index contributed by atoms with van der Waals surface area (Å²) in [6.07, 6.45) is 4.98. The monoisotopic (exact) mass is 395 g/mol. The van der Waals surface area contributed by atoms with Crippen LogP contribution in [0.15, 0.2) is 52.2 Å². The molecule has 0 saturated heterocycles. The van der Waals surface area contributed by atoms with E-state index in [2.05, 4.69) is 35.8 Å². The molecule has 4 rings (SSSR count). The minimum absolute atomic E-state index is 0.239. The van der Waals surface area contributed by atoms with Gasteiger partial charge in [-0.1, -0.05) is 0 Å². The normalized spacial score (nSPS) is 11.9. The molecule has 0 aliphatic carbocycles. The molecular weight excluding hydrogens is 373 g/mol. The molecular formula is C20H22FN7O. The lowest BCUT2D eigenvalue weighted by Gasteiger charge is -2.11. The van der Waals surface area contributed by atoms with Crippen molar-refractivity contribution in [2.24, 2.45) is 4.99 Å². The van der Waals surface area contributed by atoms with Crippen LogP contribution in [0.25, 0.3) is 22.5 Å². The average molecular weight is 395 g/mol. The molecule has 29 heavy (non-hydrogen) atoms.